The van der Waals surface area contributed by atoms with E-state index in [1.54, 1.807) is 7.05 Å². The Labute approximate surface area is 139 Å². The van der Waals surface area contributed by atoms with Gasteiger partial charge in [-0.3, -0.25) is 14.4 Å². The molecule has 0 spiro atoms. The molecule has 0 saturated carbocycles. The fraction of sp³-hybridized carbons (Fsp3) is 0.824. The summed E-state index contributed by atoms with van der Waals surface area (Å²) in [7, 11) is 3.28. The predicted octanol–water partition coefficient (Wildman–Crippen LogP) is 1.75. The highest BCUT2D eigenvalue weighted by molar-refractivity contribution is 5.89. The third kappa shape index (κ3) is 10.2. The highest BCUT2D eigenvalue weighted by Crippen LogP contribution is 2.17. The molecule has 0 fully saturated rings. The number of carbonyl (C=O) groups is 3. The maximum absolute atomic E-state index is 12.3. The van der Waals surface area contributed by atoms with Crippen molar-refractivity contribution in [3.8, 4) is 0 Å². The molecule has 0 heterocycles. The van der Waals surface area contributed by atoms with Crippen LogP contribution in [0.3, 0.4) is 0 Å². The second kappa shape index (κ2) is 12.2. The minimum Gasteiger partial charge on any atom is -0.463 e. The molecule has 0 aliphatic carbocycles. The molecule has 23 heavy (non-hydrogen) atoms. The molecular weight excluding hydrogens is 298 g/mol. The third-order valence-corrected chi connectivity index (χ3v) is 3.71. The summed E-state index contributed by atoms with van der Waals surface area (Å²) in [5.74, 6) is -0.451. The lowest BCUT2D eigenvalue weighted by Gasteiger charge is -2.20. The van der Waals surface area contributed by atoms with E-state index in [1.807, 2.05) is 0 Å². The maximum atomic E-state index is 12.3. The Hall–Kier alpha value is -1.27. The molecular formula is C17H31NO5. The Morgan fingerprint density at radius 2 is 1.78 bits per heavy atom. The topological polar surface area (TPSA) is 81.7 Å². The van der Waals surface area contributed by atoms with Crippen molar-refractivity contribution in [3.63, 3.8) is 0 Å². The second-order valence-corrected chi connectivity index (χ2v) is 6.20. The van der Waals surface area contributed by atoms with Crippen LogP contribution >= 0.6 is 0 Å². The molecule has 0 radical (unpaired) electrons. The second-order valence-electron chi connectivity index (χ2n) is 6.20. The van der Waals surface area contributed by atoms with E-state index < -0.39 is 5.92 Å². The van der Waals surface area contributed by atoms with Crippen molar-refractivity contribution in [3.05, 3.63) is 0 Å². The average molecular weight is 329 g/mol. The van der Waals surface area contributed by atoms with Gasteiger partial charge in [0.05, 0.1) is 12.6 Å². The smallest absolute Gasteiger partial charge is 0.305 e. The van der Waals surface area contributed by atoms with Gasteiger partial charge in [0.25, 0.3) is 0 Å². The zero-order chi connectivity index (χ0) is 17.8. The summed E-state index contributed by atoms with van der Waals surface area (Å²) >= 11 is 0. The van der Waals surface area contributed by atoms with E-state index in [4.69, 9.17) is 9.47 Å². The molecule has 0 bridgehead atoms. The van der Waals surface area contributed by atoms with Crippen LogP contribution in [0.5, 0.6) is 0 Å². The Morgan fingerprint density at radius 3 is 2.26 bits per heavy atom. The SMILES string of the molecule is CN[C@@H](CC(C)C)C(=O)CC(CCC(=O)OCCOC)C(C)=O. The molecule has 6 heteroatoms. The van der Waals surface area contributed by atoms with E-state index in [0.29, 0.717) is 18.9 Å². The largest absolute Gasteiger partial charge is 0.463 e. The average Bonchev–Trinajstić information content (AvgIpc) is 2.48. The summed E-state index contributed by atoms with van der Waals surface area (Å²) in [6.07, 6.45) is 1.37. The van der Waals surface area contributed by atoms with Crippen molar-refractivity contribution >= 4 is 17.5 Å². The molecule has 0 aliphatic rings. The van der Waals surface area contributed by atoms with Gasteiger partial charge in [0.2, 0.25) is 0 Å². The van der Waals surface area contributed by atoms with E-state index >= 15 is 0 Å². The van der Waals surface area contributed by atoms with Crippen LogP contribution < -0.4 is 5.32 Å². The number of methoxy groups -OCH3 is 1. The lowest BCUT2D eigenvalue weighted by molar-refractivity contribution is -0.145. The first-order chi connectivity index (χ1) is 10.8. The fourth-order valence-corrected chi connectivity index (χ4v) is 2.32. The number of hydrogen-bond acceptors (Lipinski definition) is 6. The normalized spacial score (nSPS) is 13.7. The van der Waals surface area contributed by atoms with Crippen LogP contribution in [0.2, 0.25) is 0 Å². The van der Waals surface area contributed by atoms with Crippen LogP contribution in [0.25, 0.3) is 0 Å². The number of carbonyl (C=O) groups excluding carboxylic acids is 3. The van der Waals surface area contributed by atoms with Crippen LogP contribution in [0.15, 0.2) is 0 Å². The number of esters is 1. The van der Waals surface area contributed by atoms with Gasteiger partial charge in [-0.25, -0.2) is 0 Å². The number of nitrogens with one attached hydrogen (secondary N) is 1. The number of likely N-dealkylation sites (N-methyl/N-ethyl adjacent to an activating group) is 1. The minimum atomic E-state index is -0.430. The third-order valence-electron chi connectivity index (χ3n) is 3.71. The molecule has 0 aliphatic heterocycles. The molecule has 1 N–H and O–H groups in total. The molecule has 0 rings (SSSR count). The summed E-state index contributed by atoms with van der Waals surface area (Å²) in [6, 6.07) is -0.245. The summed E-state index contributed by atoms with van der Waals surface area (Å²) in [5, 5.41) is 3.01. The molecule has 134 valence electrons. The van der Waals surface area contributed by atoms with Gasteiger partial charge in [-0.05, 0) is 32.7 Å². The molecule has 0 amide bonds. The first-order valence-electron chi connectivity index (χ1n) is 8.16. The number of rotatable bonds is 13. The fourth-order valence-electron chi connectivity index (χ4n) is 2.32. The molecule has 0 aromatic heterocycles. The predicted molar refractivity (Wildman–Crippen MR) is 88.2 cm³/mol. The van der Waals surface area contributed by atoms with Gasteiger partial charge < -0.3 is 14.8 Å². The van der Waals surface area contributed by atoms with Crippen molar-refractivity contribution in [1.82, 2.24) is 5.32 Å². The first kappa shape index (κ1) is 21.7. The van der Waals surface area contributed by atoms with Crippen LogP contribution in [0, 0.1) is 11.8 Å². The molecule has 1 unspecified atom stereocenters. The highest BCUT2D eigenvalue weighted by Gasteiger charge is 2.25. The van der Waals surface area contributed by atoms with Crippen molar-refractivity contribution in [2.24, 2.45) is 11.8 Å². The van der Waals surface area contributed by atoms with E-state index in [1.165, 1.54) is 14.0 Å². The highest BCUT2D eigenvalue weighted by atomic mass is 16.6. The van der Waals surface area contributed by atoms with Crippen molar-refractivity contribution in [2.75, 3.05) is 27.4 Å². The Balaban J connectivity index is 4.42. The molecule has 0 saturated heterocycles. The van der Waals surface area contributed by atoms with Crippen molar-refractivity contribution in [2.45, 2.75) is 52.5 Å². The standard InChI is InChI=1S/C17H31NO5/c1-12(2)10-15(18-4)16(20)11-14(13(3)19)6-7-17(21)23-9-8-22-5/h12,14-15,18H,6-11H2,1-5H3/t14?,15-/m0/s1. The van der Waals surface area contributed by atoms with E-state index in [0.717, 1.165) is 6.42 Å². The van der Waals surface area contributed by atoms with Crippen LogP contribution in [-0.2, 0) is 23.9 Å². The number of ether oxygens (including phenoxy) is 2. The maximum Gasteiger partial charge on any atom is 0.305 e. The van der Waals surface area contributed by atoms with E-state index in [2.05, 4.69) is 19.2 Å². The summed E-state index contributed by atoms with van der Waals surface area (Å²) < 4.78 is 9.76. The van der Waals surface area contributed by atoms with Gasteiger partial charge in [-0.15, -0.1) is 0 Å². The van der Waals surface area contributed by atoms with E-state index in [9.17, 15) is 14.4 Å². The van der Waals surface area contributed by atoms with Gasteiger partial charge in [0, 0.05) is 25.9 Å². The number of Topliss-reactive ketones (excluding diaryl/α,β-unsaturated/α-hetero) is 2. The van der Waals surface area contributed by atoms with Crippen molar-refractivity contribution in [1.29, 1.82) is 0 Å². The Bertz CT molecular complexity index is 381. The molecule has 0 aromatic carbocycles. The van der Waals surface area contributed by atoms with Gasteiger partial charge >= 0.3 is 5.97 Å². The lowest BCUT2D eigenvalue weighted by atomic mass is 9.89. The molecule has 2 atom stereocenters. The van der Waals surface area contributed by atoms with Crippen molar-refractivity contribution < 1.29 is 23.9 Å². The summed E-state index contributed by atoms with van der Waals surface area (Å²) in [4.78, 5) is 35.7. The van der Waals surface area contributed by atoms with Crippen LogP contribution in [0.4, 0.5) is 0 Å². The van der Waals surface area contributed by atoms with Crippen LogP contribution in [0.1, 0.15) is 46.5 Å². The zero-order valence-electron chi connectivity index (χ0n) is 15.0. The quantitative estimate of drug-likeness (QED) is 0.409. The lowest BCUT2D eigenvalue weighted by Crippen LogP contribution is -2.37. The Kier molecular flexibility index (Phi) is 11.5. The first-order valence-corrected chi connectivity index (χ1v) is 8.16. The van der Waals surface area contributed by atoms with Gasteiger partial charge in [0.1, 0.15) is 18.2 Å². The zero-order valence-corrected chi connectivity index (χ0v) is 15.0. The van der Waals surface area contributed by atoms with Gasteiger partial charge in [-0.1, -0.05) is 13.8 Å². The Morgan fingerprint density at radius 1 is 1.13 bits per heavy atom. The van der Waals surface area contributed by atoms with Crippen LogP contribution in [-0.4, -0.2) is 50.9 Å². The summed E-state index contributed by atoms with van der Waals surface area (Å²) in [5.41, 5.74) is 0. The summed E-state index contributed by atoms with van der Waals surface area (Å²) in [6.45, 7) is 6.12. The number of ketones is 2. The van der Waals surface area contributed by atoms with Gasteiger partial charge in [0.15, 0.2) is 0 Å². The minimum absolute atomic E-state index is 0.0224. The van der Waals surface area contributed by atoms with E-state index in [-0.39, 0.29) is 43.0 Å². The van der Waals surface area contributed by atoms with Gasteiger partial charge in [-0.2, -0.15) is 0 Å². The number of hydrogen-bond donors (Lipinski definition) is 1. The molecule has 0 aromatic rings. The monoisotopic (exact) mass is 329 g/mol. The molecule has 6 nitrogen and oxygen atoms in total.